The molecule has 0 aliphatic carbocycles. The van der Waals surface area contributed by atoms with Crippen LogP contribution < -0.4 is 14.8 Å². The first-order valence-electron chi connectivity index (χ1n) is 7.19. The number of nitrogens with one attached hydrogen (secondary N) is 1. The summed E-state index contributed by atoms with van der Waals surface area (Å²) in [5, 5.41) is 4.22. The third kappa shape index (κ3) is 5.78. The van der Waals surface area contributed by atoms with E-state index < -0.39 is 0 Å². The van der Waals surface area contributed by atoms with Crippen LogP contribution in [-0.4, -0.2) is 25.7 Å². The average Bonchev–Trinajstić information content (AvgIpc) is 2.52. The van der Waals surface area contributed by atoms with E-state index in [9.17, 15) is 4.79 Å². The molecule has 0 spiro atoms. The van der Waals surface area contributed by atoms with Gasteiger partial charge in [-0.25, -0.2) is 0 Å². The molecule has 7 heteroatoms. The second-order valence-corrected chi connectivity index (χ2v) is 6.25. The van der Waals surface area contributed by atoms with Crippen molar-refractivity contribution in [3.8, 4) is 11.5 Å². The van der Waals surface area contributed by atoms with E-state index in [0.717, 1.165) is 11.3 Å². The number of aryl methyl sites for hydroxylation is 1. The van der Waals surface area contributed by atoms with Gasteiger partial charge in [0, 0.05) is 10.0 Å². The van der Waals surface area contributed by atoms with Crippen molar-refractivity contribution in [3.63, 3.8) is 0 Å². The van der Waals surface area contributed by atoms with Gasteiger partial charge in [0.25, 0.3) is 5.91 Å². The molecule has 2 rings (SSSR count). The largest absolute Gasteiger partial charge is 0.491 e. The minimum Gasteiger partial charge on any atom is -0.491 e. The molecule has 2 aromatic rings. The first kappa shape index (κ1) is 18.7. The minimum atomic E-state index is -0.266. The van der Waals surface area contributed by atoms with Gasteiger partial charge >= 0.3 is 0 Å². The molecule has 0 saturated heterocycles. The van der Waals surface area contributed by atoms with E-state index in [1.54, 1.807) is 30.3 Å². The molecular weight excluding hydrogens is 373 g/mol. The summed E-state index contributed by atoms with van der Waals surface area (Å²) in [7, 11) is 0. The highest BCUT2D eigenvalue weighted by Gasteiger charge is 2.06. The number of hydrogen-bond donors (Lipinski definition) is 1. The molecule has 0 unspecified atom stereocenters. The van der Waals surface area contributed by atoms with E-state index in [0.29, 0.717) is 34.0 Å². The Kier molecular flexibility index (Phi) is 7.03. The van der Waals surface area contributed by atoms with Crippen LogP contribution in [0.25, 0.3) is 0 Å². The Bertz CT molecular complexity index is 722. The molecule has 1 amide bonds. The summed E-state index contributed by atoms with van der Waals surface area (Å²) in [4.78, 5) is 11.7. The summed E-state index contributed by atoms with van der Waals surface area (Å²) >= 11 is 17.6. The van der Waals surface area contributed by atoms with Crippen molar-refractivity contribution in [2.24, 2.45) is 0 Å². The molecule has 0 bridgehead atoms. The van der Waals surface area contributed by atoms with Gasteiger partial charge in [-0.2, -0.15) is 0 Å². The maximum Gasteiger partial charge on any atom is 0.258 e. The van der Waals surface area contributed by atoms with Crippen LogP contribution in [0.15, 0.2) is 36.4 Å². The van der Waals surface area contributed by atoms with E-state index in [2.05, 4.69) is 5.32 Å². The molecule has 1 N–H and O–H groups in total. The SMILES string of the molecule is Cc1cc(Cl)ccc1OCCNC(=O)COc1ccc(Cl)cc1Cl. The van der Waals surface area contributed by atoms with Crippen molar-refractivity contribution in [2.45, 2.75) is 6.92 Å². The number of halogens is 3. The zero-order valence-electron chi connectivity index (χ0n) is 12.9. The number of carbonyl (C=O) groups excluding carboxylic acids is 1. The molecule has 0 aliphatic rings. The standard InChI is InChI=1S/C17H16Cl3NO3/c1-11-8-12(18)2-4-15(11)23-7-6-21-17(22)10-24-16-5-3-13(19)9-14(16)20/h2-5,8-9H,6-7,10H2,1H3,(H,21,22). The van der Waals surface area contributed by atoms with Crippen molar-refractivity contribution in [1.29, 1.82) is 0 Å². The van der Waals surface area contributed by atoms with Gasteiger partial charge in [-0.1, -0.05) is 34.8 Å². The zero-order valence-corrected chi connectivity index (χ0v) is 15.2. The third-order valence-corrected chi connectivity index (χ3v) is 3.84. The number of ether oxygens (including phenoxy) is 2. The summed E-state index contributed by atoms with van der Waals surface area (Å²) in [6, 6.07) is 10.2. The lowest BCUT2D eigenvalue weighted by Crippen LogP contribution is -2.32. The van der Waals surface area contributed by atoms with Crippen molar-refractivity contribution in [3.05, 3.63) is 57.0 Å². The highest BCUT2D eigenvalue weighted by atomic mass is 35.5. The normalized spacial score (nSPS) is 10.3. The highest BCUT2D eigenvalue weighted by Crippen LogP contribution is 2.27. The van der Waals surface area contributed by atoms with Gasteiger partial charge in [-0.3, -0.25) is 4.79 Å². The van der Waals surface area contributed by atoms with Crippen LogP contribution >= 0.6 is 34.8 Å². The second-order valence-electron chi connectivity index (χ2n) is 4.97. The van der Waals surface area contributed by atoms with Gasteiger partial charge in [0.15, 0.2) is 6.61 Å². The predicted octanol–water partition coefficient (Wildman–Crippen LogP) is 4.53. The highest BCUT2D eigenvalue weighted by molar-refractivity contribution is 6.35. The minimum absolute atomic E-state index is 0.138. The van der Waals surface area contributed by atoms with Gasteiger partial charge in [0.05, 0.1) is 11.6 Å². The molecule has 0 atom stereocenters. The quantitative estimate of drug-likeness (QED) is 0.709. The van der Waals surface area contributed by atoms with E-state index >= 15 is 0 Å². The molecule has 128 valence electrons. The average molecular weight is 389 g/mol. The second kappa shape index (κ2) is 9.02. The topological polar surface area (TPSA) is 47.6 Å². The fourth-order valence-electron chi connectivity index (χ4n) is 1.91. The van der Waals surface area contributed by atoms with E-state index in [4.69, 9.17) is 44.3 Å². The Morgan fingerprint density at radius 1 is 1.00 bits per heavy atom. The first-order chi connectivity index (χ1) is 11.5. The summed E-state index contributed by atoms with van der Waals surface area (Å²) in [5.41, 5.74) is 0.939. The molecule has 0 aromatic heterocycles. The van der Waals surface area contributed by atoms with Crippen molar-refractivity contribution < 1.29 is 14.3 Å². The summed E-state index contributed by atoms with van der Waals surface area (Å²) < 4.78 is 10.9. The molecule has 4 nitrogen and oxygen atoms in total. The Labute approximate surface area is 155 Å². The molecule has 2 aromatic carbocycles. The maximum atomic E-state index is 11.7. The Morgan fingerprint density at radius 2 is 1.67 bits per heavy atom. The van der Waals surface area contributed by atoms with Crippen LogP contribution in [0, 0.1) is 6.92 Å². The first-order valence-corrected chi connectivity index (χ1v) is 8.32. The maximum absolute atomic E-state index is 11.7. The fraction of sp³-hybridized carbons (Fsp3) is 0.235. The van der Waals surface area contributed by atoms with Crippen molar-refractivity contribution >= 4 is 40.7 Å². The van der Waals surface area contributed by atoms with Gasteiger partial charge in [0.1, 0.15) is 18.1 Å². The number of benzene rings is 2. The number of hydrogen-bond acceptors (Lipinski definition) is 3. The predicted molar refractivity (Wildman–Crippen MR) is 96.7 cm³/mol. The lowest BCUT2D eigenvalue weighted by molar-refractivity contribution is -0.123. The van der Waals surface area contributed by atoms with Gasteiger partial charge < -0.3 is 14.8 Å². The lowest BCUT2D eigenvalue weighted by atomic mass is 10.2. The molecule has 24 heavy (non-hydrogen) atoms. The fourth-order valence-corrected chi connectivity index (χ4v) is 2.60. The monoisotopic (exact) mass is 387 g/mol. The van der Waals surface area contributed by atoms with Crippen LogP contribution in [0.5, 0.6) is 11.5 Å². The van der Waals surface area contributed by atoms with Crippen LogP contribution in [0.4, 0.5) is 0 Å². The van der Waals surface area contributed by atoms with E-state index in [1.807, 2.05) is 13.0 Å². The smallest absolute Gasteiger partial charge is 0.258 e. The number of amides is 1. The van der Waals surface area contributed by atoms with Gasteiger partial charge in [-0.05, 0) is 48.9 Å². The van der Waals surface area contributed by atoms with Crippen molar-refractivity contribution in [2.75, 3.05) is 19.8 Å². The number of rotatable bonds is 7. The Balaban J connectivity index is 1.69. The zero-order chi connectivity index (χ0) is 17.5. The Morgan fingerprint density at radius 3 is 2.33 bits per heavy atom. The lowest BCUT2D eigenvalue weighted by Gasteiger charge is -2.11. The van der Waals surface area contributed by atoms with Crippen LogP contribution in [0.3, 0.4) is 0 Å². The molecule has 0 aliphatic heterocycles. The number of carbonyl (C=O) groups is 1. The van der Waals surface area contributed by atoms with E-state index in [1.165, 1.54) is 0 Å². The summed E-state index contributed by atoms with van der Waals surface area (Å²) in [6.45, 7) is 2.47. The summed E-state index contributed by atoms with van der Waals surface area (Å²) in [5.74, 6) is 0.875. The molecular formula is C17H16Cl3NO3. The Hall–Kier alpha value is -1.62. The third-order valence-electron chi connectivity index (χ3n) is 3.07. The molecule has 0 heterocycles. The van der Waals surface area contributed by atoms with E-state index in [-0.39, 0.29) is 12.5 Å². The van der Waals surface area contributed by atoms with Crippen LogP contribution in [-0.2, 0) is 4.79 Å². The molecule has 0 saturated carbocycles. The van der Waals surface area contributed by atoms with Crippen LogP contribution in [0.2, 0.25) is 15.1 Å². The molecule has 0 fully saturated rings. The molecule has 0 radical (unpaired) electrons. The van der Waals surface area contributed by atoms with Gasteiger partial charge in [-0.15, -0.1) is 0 Å². The summed E-state index contributed by atoms with van der Waals surface area (Å²) in [6.07, 6.45) is 0. The van der Waals surface area contributed by atoms with Crippen molar-refractivity contribution in [1.82, 2.24) is 5.32 Å². The van der Waals surface area contributed by atoms with Crippen LogP contribution in [0.1, 0.15) is 5.56 Å². The van der Waals surface area contributed by atoms with Gasteiger partial charge in [0.2, 0.25) is 0 Å².